The molecule has 29 heavy (non-hydrogen) atoms. The van der Waals surface area contributed by atoms with Gasteiger partial charge in [-0.15, -0.1) is 12.4 Å². The summed E-state index contributed by atoms with van der Waals surface area (Å²) in [4.78, 5) is 38.6. The highest BCUT2D eigenvalue weighted by molar-refractivity contribution is 5.97. The van der Waals surface area contributed by atoms with Crippen LogP contribution >= 0.6 is 12.4 Å². The number of ether oxygens (including phenoxy) is 1. The summed E-state index contributed by atoms with van der Waals surface area (Å²) < 4.78 is 5.07. The molecule has 2 heterocycles. The lowest BCUT2D eigenvalue weighted by atomic mass is 9.96. The molecule has 3 rings (SSSR count). The fourth-order valence-electron chi connectivity index (χ4n) is 3.76. The van der Waals surface area contributed by atoms with Crippen LogP contribution in [0.2, 0.25) is 0 Å². The molecule has 8 heteroatoms. The third-order valence-corrected chi connectivity index (χ3v) is 5.43. The fourth-order valence-corrected chi connectivity index (χ4v) is 3.76. The van der Waals surface area contributed by atoms with E-state index in [-0.39, 0.29) is 42.2 Å². The van der Waals surface area contributed by atoms with Crippen molar-refractivity contribution in [2.45, 2.75) is 45.1 Å². The maximum atomic E-state index is 12.7. The number of amides is 2. The van der Waals surface area contributed by atoms with Gasteiger partial charge in [-0.25, -0.2) is 0 Å². The predicted molar refractivity (Wildman–Crippen MR) is 113 cm³/mol. The minimum atomic E-state index is -0.165. The van der Waals surface area contributed by atoms with Gasteiger partial charge >= 0.3 is 5.97 Å². The number of carbonyl (C=O) groups excluding carboxylic acids is 3. The summed E-state index contributed by atoms with van der Waals surface area (Å²) in [7, 11) is 0. The minimum absolute atomic E-state index is 0. The van der Waals surface area contributed by atoms with E-state index in [0.717, 1.165) is 25.8 Å². The average Bonchev–Trinajstić information content (AvgIpc) is 2.74. The van der Waals surface area contributed by atoms with E-state index >= 15 is 0 Å². The number of benzene rings is 1. The molecule has 2 amide bonds. The van der Waals surface area contributed by atoms with Crippen molar-refractivity contribution in [3.8, 4) is 0 Å². The highest BCUT2D eigenvalue weighted by atomic mass is 35.5. The average molecular weight is 424 g/mol. The van der Waals surface area contributed by atoms with Gasteiger partial charge < -0.3 is 20.3 Å². The van der Waals surface area contributed by atoms with Gasteiger partial charge in [-0.1, -0.05) is 6.42 Å². The number of nitrogens with one attached hydrogen (secondary N) is 2. The van der Waals surface area contributed by atoms with E-state index < -0.39 is 0 Å². The second-order valence-corrected chi connectivity index (χ2v) is 7.39. The SMILES string of the molecule is CCOC(=O)C1CCN(C(=O)c2ccc(NC(=O)C3CCCCN3)cc2)CC1.Cl. The Bertz CT molecular complexity index is 696. The zero-order valence-electron chi connectivity index (χ0n) is 16.8. The van der Waals surface area contributed by atoms with E-state index in [1.807, 2.05) is 0 Å². The van der Waals surface area contributed by atoms with Crippen molar-refractivity contribution < 1.29 is 19.1 Å². The monoisotopic (exact) mass is 423 g/mol. The van der Waals surface area contributed by atoms with Crippen LogP contribution in [0.4, 0.5) is 5.69 Å². The molecule has 1 unspecified atom stereocenters. The Morgan fingerprint density at radius 1 is 1.10 bits per heavy atom. The molecular weight excluding hydrogens is 394 g/mol. The lowest BCUT2D eigenvalue weighted by molar-refractivity contribution is -0.149. The Balaban J connectivity index is 0.00000300. The van der Waals surface area contributed by atoms with Crippen LogP contribution in [0, 0.1) is 5.92 Å². The van der Waals surface area contributed by atoms with Crippen LogP contribution in [0.15, 0.2) is 24.3 Å². The number of anilines is 1. The second-order valence-electron chi connectivity index (χ2n) is 7.39. The van der Waals surface area contributed by atoms with Crippen molar-refractivity contribution in [1.82, 2.24) is 10.2 Å². The number of likely N-dealkylation sites (tertiary alicyclic amines) is 1. The summed E-state index contributed by atoms with van der Waals surface area (Å²) in [6.45, 7) is 4.16. The quantitative estimate of drug-likeness (QED) is 0.711. The molecule has 2 N–H and O–H groups in total. The molecule has 1 aromatic rings. The molecule has 7 nitrogen and oxygen atoms in total. The molecule has 0 bridgehead atoms. The van der Waals surface area contributed by atoms with Crippen LogP contribution < -0.4 is 10.6 Å². The number of halogens is 1. The first-order valence-corrected chi connectivity index (χ1v) is 10.2. The van der Waals surface area contributed by atoms with Gasteiger partial charge in [0.15, 0.2) is 0 Å². The molecule has 2 fully saturated rings. The van der Waals surface area contributed by atoms with Gasteiger partial charge in [0.1, 0.15) is 0 Å². The summed E-state index contributed by atoms with van der Waals surface area (Å²) in [5.41, 5.74) is 1.28. The molecule has 2 aliphatic rings. The molecule has 1 atom stereocenters. The Hall–Kier alpha value is -2.12. The van der Waals surface area contributed by atoms with E-state index in [2.05, 4.69) is 10.6 Å². The van der Waals surface area contributed by atoms with E-state index in [1.165, 1.54) is 0 Å². The van der Waals surface area contributed by atoms with Gasteiger partial charge in [-0.2, -0.15) is 0 Å². The van der Waals surface area contributed by atoms with Gasteiger partial charge in [-0.3, -0.25) is 14.4 Å². The van der Waals surface area contributed by atoms with E-state index in [1.54, 1.807) is 36.1 Å². The van der Waals surface area contributed by atoms with E-state index in [4.69, 9.17) is 4.74 Å². The lowest BCUT2D eigenvalue weighted by Gasteiger charge is -2.31. The third kappa shape index (κ3) is 6.18. The molecule has 0 aliphatic carbocycles. The normalized spacial score (nSPS) is 19.8. The van der Waals surface area contributed by atoms with Crippen LogP contribution in [0.3, 0.4) is 0 Å². The minimum Gasteiger partial charge on any atom is -0.466 e. The maximum Gasteiger partial charge on any atom is 0.309 e. The van der Waals surface area contributed by atoms with Gasteiger partial charge in [0.2, 0.25) is 5.91 Å². The second kappa shape index (κ2) is 11.2. The molecule has 1 aromatic carbocycles. The number of hydrogen-bond acceptors (Lipinski definition) is 5. The van der Waals surface area contributed by atoms with Gasteiger partial charge in [0.05, 0.1) is 18.6 Å². The largest absolute Gasteiger partial charge is 0.466 e. The highest BCUT2D eigenvalue weighted by Crippen LogP contribution is 2.21. The van der Waals surface area contributed by atoms with E-state index in [0.29, 0.717) is 43.8 Å². The zero-order valence-corrected chi connectivity index (χ0v) is 17.6. The zero-order chi connectivity index (χ0) is 19.9. The summed E-state index contributed by atoms with van der Waals surface area (Å²) >= 11 is 0. The molecule has 2 aliphatic heterocycles. The smallest absolute Gasteiger partial charge is 0.309 e. The number of esters is 1. The van der Waals surface area contributed by atoms with Crippen molar-refractivity contribution in [1.29, 1.82) is 0 Å². The molecule has 160 valence electrons. The van der Waals surface area contributed by atoms with Crippen LogP contribution in [-0.4, -0.2) is 55.0 Å². The molecule has 0 saturated carbocycles. The number of piperidine rings is 2. The molecule has 0 aromatic heterocycles. The van der Waals surface area contributed by atoms with Crippen molar-refractivity contribution in [2.75, 3.05) is 31.6 Å². The number of hydrogen-bond donors (Lipinski definition) is 2. The van der Waals surface area contributed by atoms with Crippen LogP contribution in [0.1, 0.15) is 49.4 Å². The van der Waals surface area contributed by atoms with Crippen molar-refractivity contribution >= 4 is 35.9 Å². The van der Waals surface area contributed by atoms with Crippen molar-refractivity contribution in [2.24, 2.45) is 5.92 Å². The van der Waals surface area contributed by atoms with Gasteiger partial charge in [0, 0.05) is 24.3 Å². The van der Waals surface area contributed by atoms with Crippen molar-refractivity contribution in [3.05, 3.63) is 29.8 Å². The standard InChI is InChI=1S/C21H29N3O4.ClH/c1-2-28-21(27)16-10-13-24(14-11-16)20(26)15-6-8-17(9-7-15)23-19(25)18-5-3-4-12-22-18;/h6-9,16,18,22H,2-5,10-14H2,1H3,(H,23,25);1H. The Labute approximate surface area is 178 Å². The predicted octanol–water partition coefficient (Wildman–Crippen LogP) is 2.60. The summed E-state index contributed by atoms with van der Waals surface area (Å²) in [6, 6.07) is 6.86. The fraction of sp³-hybridized carbons (Fsp3) is 0.571. The third-order valence-electron chi connectivity index (χ3n) is 5.43. The number of carbonyl (C=O) groups is 3. The van der Waals surface area contributed by atoms with E-state index in [9.17, 15) is 14.4 Å². The number of nitrogens with zero attached hydrogens (tertiary/aromatic N) is 1. The summed E-state index contributed by atoms with van der Waals surface area (Å²) in [5.74, 6) is -0.355. The van der Waals surface area contributed by atoms with Crippen molar-refractivity contribution in [3.63, 3.8) is 0 Å². The van der Waals surface area contributed by atoms with Gasteiger partial charge in [0.25, 0.3) is 5.91 Å². The first-order chi connectivity index (χ1) is 13.6. The molecule has 0 radical (unpaired) electrons. The molecule has 2 saturated heterocycles. The molecule has 0 spiro atoms. The van der Waals surface area contributed by atoms with Crippen LogP contribution in [0.25, 0.3) is 0 Å². The summed E-state index contributed by atoms with van der Waals surface area (Å²) in [6.07, 6.45) is 4.29. The first kappa shape index (κ1) is 23.2. The Morgan fingerprint density at radius 2 is 1.79 bits per heavy atom. The van der Waals surface area contributed by atoms with Gasteiger partial charge in [-0.05, 0) is 63.4 Å². The first-order valence-electron chi connectivity index (χ1n) is 10.2. The maximum absolute atomic E-state index is 12.7. The van der Waals surface area contributed by atoms with Crippen LogP contribution in [-0.2, 0) is 14.3 Å². The number of rotatable bonds is 5. The lowest BCUT2D eigenvalue weighted by Crippen LogP contribution is -2.43. The summed E-state index contributed by atoms with van der Waals surface area (Å²) in [5, 5.41) is 6.14. The Kier molecular flexibility index (Phi) is 8.92. The molecular formula is C21H30ClN3O4. The van der Waals surface area contributed by atoms with Crippen LogP contribution in [0.5, 0.6) is 0 Å². The highest BCUT2D eigenvalue weighted by Gasteiger charge is 2.28. The topological polar surface area (TPSA) is 87.7 Å². The Morgan fingerprint density at radius 3 is 2.38 bits per heavy atom.